The number of non-ortho nitro benzene ring substituents is 1. The van der Waals surface area contributed by atoms with Gasteiger partial charge in [0.15, 0.2) is 0 Å². The molecule has 0 fully saturated rings. The van der Waals surface area contributed by atoms with E-state index in [1.807, 2.05) is 6.92 Å². The summed E-state index contributed by atoms with van der Waals surface area (Å²) in [5.41, 5.74) is -0.507. The first kappa shape index (κ1) is 18.1. The lowest BCUT2D eigenvalue weighted by Crippen LogP contribution is -2.33. The number of hydrogen-bond donors (Lipinski definition) is 3. The Morgan fingerprint density at radius 2 is 2.08 bits per heavy atom. The number of nitrogens with one attached hydrogen (secondary N) is 2. The second-order valence-corrected chi connectivity index (χ2v) is 5.57. The molecule has 0 saturated carbocycles. The lowest BCUT2D eigenvalue weighted by atomic mass is 10.0. The van der Waals surface area contributed by atoms with Crippen LogP contribution < -0.4 is 10.9 Å². The molecule has 1 aromatic carbocycles. The number of fused-ring (bicyclic) bond motifs is 1. The molecule has 1 amide bonds. The van der Waals surface area contributed by atoms with Crippen molar-refractivity contribution in [3.63, 3.8) is 0 Å². The van der Waals surface area contributed by atoms with E-state index in [-0.39, 0.29) is 28.7 Å². The number of carboxylic acid groups (broad SMARTS) is 1. The molecule has 0 aliphatic heterocycles. The van der Waals surface area contributed by atoms with Crippen molar-refractivity contribution in [1.29, 1.82) is 0 Å². The maximum Gasteiger partial charge on any atom is 0.308 e. The van der Waals surface area contributed by atoms with Crippen LogP contribution in [-0.4, -0.2) is 33.4 Å². The molecule has 0 spiro atoms. The second kappa shape index (κ2) is 7.56. The number of carbonyl (C=O) groups excluding carboxylic acids is 1. The molecule has 132 valence electrons. The van der Waals surface area contributed by atoms with Crippen molar-refractivity contribution in [2.75, 3.05) is 6.54 Å². The molecule has 0 radical (unpaired) electrons. The first-order chi connectivity index (χ1) is 11.8. The number of aromatic amines is 1. The van der Waals surface area contributed by atoms with E-state index >= 15 is 0 Å². The SMILES string of the molecule is CCCC(CNC(=O)c1cc(=O)[nH]c2ccc([N+](=O)[O-])cc12)C(=O)O. The lowest BCUT2D eigenvalue weighted by molar-refractivity contribution is -0.384. The van der Waals surface area contributed by atoms with Gasteiger partial charge in [0.2, 0.25) is 5.56 Å². The van der Waals surface area contributed by atoms with Gasteiger partial charge in [0.1, 0.15) is 0 Å². The molecule has 1 heterocycles. The number of aromatic nitrogens is 1. The molecule has 9 nitrogen and oxygen atoms in total. The third-order valence-corrected chi connectivity index (χ3v) is 3.78. The molecular weight excluding hydrogens is 330 g/mol. The fourth-order valence-corrected chi connectivity index (χ4v) is 2.52. The maximum atomic E-state index is 12.4. The number of nitrogens with zero attached hydrogens (tertiary/aromatic N) is 1. The average molecular weight is 347 g/mol. The van der Waals surface area contributed by atoms with Crippen molar-refractivity contribution in [3.05, 3.63) is 50.3 Å². The Morgan fingerprint density at radius 3 is 2.68 bits per heavy atom. The van der Waals surface area contributed by atoms with Crippen molar-refractivity contribution >= 4 is 28.5 Å². The Balaban J connectivity index is 2.36. The predicted octanol–water partition coefficient (Wildman–Crippen LogP) is 1.67. The first-order valence-corrected chi connectivity index (χ1v) is 7.66. The van der Waals surface area contributed by atoms with Crippen LogP contribution in [0.4, 0.5) is 5.69 Å². The van der Waals surface area contributed by atoms with Gasteiger partial charge in [-0.15, -0.1) is 0 Å². The number of nitro groups is 1. The van der Waals surface area contributed by atoms with Crippen LogP contribution in [0.2, 0.25) is 0 Å². The van der Waals surface area contributed by atoms with Crippen molar-refractivity contribution in [3.8, 4) is 0 Å². The third kappa shape index (κ3) is 4.19. The summed E-state index contributed by atoms with van der Waals surface area (Å²) >= 11 is 0. The van der Waals surface area contributed by atoms with E-state index in [1.165, 1.54) is 18.2 Å². The van der Waals surface area contributed by atoms with Gasteiger partial charge in [-0.25, -0.2) is 0 Å². The average Bonchev–Trinajstić information content (AvgIpc) is 2.56. The summed E-state index contributed by atoms with van der Waals surface area (Å²) in [5, 5.41) is 22.7. The molecule has 1 atom stereocenters. The Labute approximate surface area is 141 Å². The highest BCUT2D eigenvalue weighted by Gasteiger charge is 2.20. The van der Waals surface area contributed by atoms with Crippen LogP contribution in [0, 0.1) is 16.0 Å². The lowest BCUT2D eigenvalue weighted by Gasteiger charge is -2.13. The summed E-state index contributed by atoms with van der Waals surface area (Å²) in [6.45, 7) is 1.74. The molecule has 3 N–H and O–H groups in total. The Kier molecular flexibility index (Phi) is 5.48. The molecular formula is C16H17N3O6. The normalized spacial score (nSPS) is 11.9. The van der Waals surface area contributed by atoms with Gasteiger partial charge in [0.25, 0.3) is 11.6 Å². The predicted molar refractivity (Wildman–Crippen MR) is 89.6 cm³/mol. The van der Waals surface area contributed by atoms with Crippen molar-refractivity contribution in [2.24, 2.45) is 5.92 Å². The zero-order chi connectivity index (χ0) is 18.6. The molecule has 0 aliphatic carbocycles. The molecule has 0 bridgehead atoms. The number of hydrogen-bond acceptors (Lipinski definition) is 5. The number of rotatable bonds is 7. The zero-order valence-electron chi connectivity index (χ0n) is 13.4. The summed E-state index contributed by atoms with van der Waals surface area (Å²) in [6, 6.07) is 4.81. The van der Waals surface area contributed by atoms with Gasteiger partial charge >= 0.3 is 5.97 Å². The van der Waals surface area contributed by atoms with Crippen molar-refractivity contribution < 1.29 is 19.6 Å². The summed E-state index contributed by atoms with van der Waals surface area (Å²) in [5.74, 6) is -2.41. The largest absolute Gasteiger partial charge is 0.481 e. The number of carbonyl (C=O) groups is 2. The third-order valence-electron chi connectivity index (χ3n) is 3.78. The van der Waals surface area contributed by atoms with Gasteiger partial charge in [-0.2, -0.15) is 0 Å². The van der Waals surface area contributed by atoms with Gasteiger partial charge in [0, 0.05) is 35.6 Å². The molecule has 1 aromatic heterocycles. The van der Waals surface area contributed by atoms with Crippen molar-refractivity contribution in [2.45, 2.75) is 19.8 Å². The molecule has 0 saturated heterocycles. The van der Waals surface area contributed by atoms with Gasteiger partial charge in [-0.3, -0.25) is 24.5 Å². The van der Waals surface area contributed by atoms with Crippen LogP contribution in [0.5, 0.6) is 0 Å². The van der Waals surface area contributed by atoms with E-state index in [0.717, 1.165) is 6.07 Å². The fraction of sp³-hybridized carbons (Fsp3) is 0.312. The van der Waals surface area contributed by atoms with E-state index in [0.29, 0.717) is 12.8 Å². The summed E-state index contributed by atoms with van der Waals surface area (Å²) in [7, 11) is 0. The van der Waals surface area contributed by atoms with Crippen LogP contribution in [0.25, 0.3) is 10.9 Å². The number of nitro benzene ring substituents is 1. The standard InChI is InChI=1S/C16H17N3O6/c1-2-3-9(16(22)23)8-17-15(21)12-7-14(20)18-13-5-4-10(19(24)25)6-11(12)13/h4-7,9H,2-3,8H2,1H3,(H,17,21)(H,18,20)(H,22,23). The molecule has 2 aromatic rings. The van der Waals surface area contributed by atoms with E-state index in [9.17, 15) is 24.5 Å². The number of pyridine rings is 1. The number of carboxylic acids is 1. The maximum absolute atomic E-state index is 12.4. The number of aliphatic carboxylic acids is 1. The van der Waals surface area contributed by atoms with Gasteiger partial charge in [0.05, 0.1) is 16.4 Å². The molecule has 0 aliphatic rings. The first-order valence-electron chi connectivity index (χ1n) is 7.66. The Bertz CT molecular complexity index is 889. The molecule has 9 heteroatoms. The number of H-pyrrole nitrogens is 1. The van der Waals surface area contributed by atoms with E-state index < -0.39 is 28.3 Å². The Morgan fingerprint density at radius 1 is 1.36 bits per heavy atom. The highest BCUT2D eigenvalue weighted by Crippen LogP contribution is 2.21. The second-order valence-electron chi connectivity index (χ2n) is 5.57. The molecule has 2 rings (SSSR count). The minimum Gasteiger partial charge on any atom is -0.481 e. The number of benzene rings is 1. The monoisotopic (exact) mass is 347 g/mol. The van der Waals surface area contributed by atoms with Crippen LogP contribution in [0.1, 0.15) is 30.1 Å². The van der Waals surface area contributed by atoms with Gasteiger partial charge in [-0.1, -0.05) is 13.3 Å². The fourth-order valence-electron chi connectivity index (χ4n) is 2.52. The van der Waals surface area contributed by atoms with E-state index in [1.54, 1.807) is 0 Å². The van der Waals surface area contributed by atoms with Crippen LogP contribution in [0.15, 0.2) is 29.1 Å². The van der Waals surface area contributed by atoms with Crippen LogP contribution in [0.3, 0.4) is 0 Å². The van der Waals surface area contributed by atoms with Gasteiger partial charge < -0.3 is 15.4 Å². The van der Waals surface area contributed by atoms with Crippen LogP contribution >= 0.6 is 0 Å². The minimum atomic E-state index is -1.02. The smallest absolute Gasteiger partial charge is 0.308 e. The summed E-state index contributed by atoms with van der Waals surface area (Å²) in [4.78, 5) is 48.1. The van der Waals surface area contributed by atoms with E-state index in [4.69, 9.17) is 5.11 Å². The number of amides is 1. The van der Waals surface area contributed by atoms with Crippen LogP contribution in [-0.2, 0) is 4.79 Å². The Hall–Kier alpha value is -3.23. The minimum absolute atomic E-state index is 0.0388. The quantitative estimate of drug-likeness (QED) is 0.513. The van der Waals surface area contributed by atoms with Crippen molar-refractivity contribution in [1.82, 2.24) is 10.3 Å². The summed E-state index contributed by atoms with van der Waals surface area (Å²) in [6.07, 6.45) is 1.05. The van der Waals surface area contributed by atoms with E-state index in [2.05, 4.69) is 10.3 Å². The molecule has 1 unspecified atom stereocenters. The molecule has 25 heavy (non-hydrogen) atoms. The zero-order valence-corrected chi connectivity index (χ0v) is 13.4. The highest BCUT2D eigenvalue weighted by molar-refractivity contribution is 6.06. The highest BCUT2D eigenvalue weighted by atomic mass is 16.6. The summed E-state index contributed by atoms with van der Waals surface area (Å²) < 4.78 is 0. The topological polar surface area (TPSA) is 142 Å². The van der Waals surface area contributed by atoms with Gasteiger partial charge in [-0.05, 0) is 12.5 Å².